The van der Waals surface area contributed by atoms with Crippen LogP contribution in [0.2, 0.25) is 0 Å². The molecule has 0 aromatic heterocycles. The highest BCUT2D eigenvalue weighted by Crippen LogP contribution is 2.36. The van der Waals surface area contributed by atoms with E-state index in [2.05, 4.69) is 4.90 Å². The van der Waals surface area contributed by atoms with Crippen LogP contribution < -0.4 is 9.64 Å². The molecule has 0 amide bonds. The largest absolute Gasteiger partial charge is 0.490 e. The van der Waals surface area contributed by atoms with Gasteiger partial charge in [-0.15, -0.1) is 0 Å². The van der Waals surface area contributed by atoms with Crippen molar-refractivity contribution in [1.29, 1.82) is 0 Å². The van der Waals surface area contributed by atoms with Gasteiger partial charge >= 0.3 is 5.97 Å². The third-order valence-electron chi connectivity index (χ3n) is 3.31. The van der Waals surface area contributed by atoms with Crippen LogP contribution in [0.1, 0.15) is 10.4 Å². The van der Waals surface area contributed by atoms with Crippen LogP contribution in [-0.4, -0.2) is 26.2 Å². The first-order valence-electron chi connectivity index (χ1n) is 6.47. The van der Waals surface area contributed by atoms with E-state index in [1.807, 2.05) is 42.5 Å². The van der Waals surface area contributed by atoms with Gasteiger partial charge in [0.05, 0.1) is 24.9 Å². The van der Waals surface area contributed by atoms with Crippen molar-refractivity contribution in [1.82, 2.24) is 0 Å². The molecule has 0 fully saturated rings. The summed E-state index contributed by atoms with van der Waals surface area (Å²) in [5, 5.41) is 0. The zero-order chi connectivity index (χ0) is 13.9. The summed E-state index contributed by atoms with van der Waals surface area (Å²) >= 11 is 0. The van der Waals surface area contributed by atoms with Gasteiger partial charge in [0, 0.05) is 5.69 Å². The Bertz CT molecular complexity index is 639. The maximum absolute atomic E-state index is 11.6. The highest BCUT2D eigenvalue weighted by Gasteiger charge is 2.19. The molecule has 20 heavy (non-hydrogen) atoms. The number of benzene rings is 2. The van der Waals surface area contributed by atoms with Gasteiger partial charge in [-0.1, -0.05) is 18.2 Å². The number of fused-ring (bicyclic) bond motifs is 1. The Balaban J connectivity index is 2.00. The van der Waals surface area contributed by atoms with Gasteiger partial charge in [-0.3, -0.25) is 0 Å². The zero-order valence-electron chi connectivity index (χ0n) is 11.2. The fourth-order valence-corrected chi connectivity index (χ4v) is 2.36. The van der Waals surface area contributed by atoms with Crippen LogP contribution in [0.4, 0.5) is 11.4 Å². The van der Waals surface area contributed by atoms with Crippen LogP contribution in [0.15, 0.2) is 48.5 Å². The molecule has 0 aliphatic carbocycles. The average molecular weight is 269 g/mol. The van der Waals surface area contributed by atoms with Gasteiger partial charge < -0.3 is 14.4 Å². The Morgan fingerprint density at radius 3 is 2.90 bits per heavy atom. The summed E-state index contributed by atoms with van der Waals surface area (Å²) in [4.78, 5) is 13.8. The maximum atomic E-state index is 11.6. The molecule has 0 saturated heterocycles. The lowest BCUT2D eigenvalue weighted by Crippen LogP contribution is -2.28. The number of methoxy groups -OCH3 is 1. The highest BCUT2D eigenvalue weighted by atomic mass is 16.5. The van der Waals surface area contributed by atoms with Crippen molar-refractivity contribution < 1.29 is 14.3 Å². The monoisotopic (exact) mass is 269 g/mol. The lowest BCUT2D eigenvalue weighted by molar-refractivity contribution is 0.0601. The fourth-order valence-electron chi connectivity index (χ4n) is 2.36. The van der Waals surface area contributed by atoms with E-state index in [-0.39, 0.29) is 5.97 Å². The Morgan fingerprint density at radius 1 is 1.20 bits per heavy atom. The van der Waals surface area contributed by atoms with E-state index in [9.17, 15) is 4.79 Å². The third-order valence-corrected chi connectivity index (χ3v) is 3.31. The van der Waals surface area contributed by atoms with Crippen LogP contribution >= 0.6 is 0 Å². The maximum Gasteiger partial charge on any atom is 0.337 e. The third kappa shape index (κ3) is 2.20. The van der Waals surface area contributed by atoms with E-state index in [0.717, 1.165) is 23.7 Å². The normalized spacial score (nSPS) is 13.3. The molecule has 0 saturated carbocycles. The van der Waals surface area contributed by atoms with E-state index in [1.165, 1.54) is 7.11 Å². The quantitative estimate of drug-likeness (QED) is 0.786. The summed E-state index contributed by atoms with van der Waals surface area (Å²) in [6.45, 7) is 1.38. The highest BCUT2D eigenvalue weighted by molar-refractivity contribution is 5.91. The molecule has 2 aromatic rings. The van der Waals surface area contributed by atoms with E-state index in [0.29, 0.717) is 12.2 Å². The van der Waals surface area contributed by atoms with Crippen molar-refractivity contribution in [3.63, 3.8) is 0 Å². The molecule has 0 unspecified atom stereocenters. The Kier molecular flexibility index (Phi) is 3.29. The van der Waals surface area contributed by atoms with E-state index < -0.39 is 0 Å². The van der Waals surface area contributed by atoms with Gasteiger partial charge in [-0.2, -0.15) is 0 Å². The molecule has 1 aliphatic heterocycles. The van der Waals surface area contributed by atoms with Crippen molar-refractivity contribution in [2.24, 2.45) is 0 Å². The second-order valence-electron chi connectivity index (χ2n) is 4.51. The summed E-state index contributed by atoms with van der Waals surface area (Å²) in [5.41, 5.74) is 2.53. The standard InChI is InChI=1S/C16H15NO3/c1-19-16(18)12-5-4-6-13(11-12)17-9-10-20-15-8-3-2-7-14(15)17/h2-8,11H,9-10H2,1H3. The fraction of sp³-hybridized carbons (Fsp3) is 0.188. The van der Waals surface area contributed by atoms with Gasteiger partial charge in [0.15, 0.2) is 0 Å². The van der Waals surface area contributed by atoms with Crippen molar-refractivity contribution in [3.8, 4) is 5.75 Å². The summed E-state index contributed by atoms with van der Waals surface area (Å²) < 4.78 is 10.4. The zero-order valence-corrected chi connectivity index (χ0v) is 11.2. The molecule has 0 radical (unpaired) electrons. The number of esters is 1. The average Bonchev–Trinajstić information content (AvgIpc) is 2.53. The van der Waals surface area contributed by atoms with Gasteiger partial charge in [-0.05, 0) is 30.3 Å². The molecule has 3 rings (SSSR count). The van der Waals surface area contributed by atoms with Crippen LogP contribution in [0, 0.1) is 0 Å². The van der Waals surface area contributed by atoms with E-state index in [1.54, 1.807) is 6.07 Å². The van der Waals surface area contributed by atoms with Gasteiger partial charge in [-0.25, -0.2) is 4.79 Å². The number of nitrogens with zero attached hydrogens (tertiary/aromatic N) is 1. The molecular weight excluding hydrogens is 254 g/mol. The Labute approximate surface area is 117 Å². The summed E-state index contributed by atoms with van der Waals surface area (Å²) in [6.07, 6.45) is 0. The number of hydrogen-bond acceptors (Lipinski definition) is 4. The molecule has 4 nitrogen and oxygen atoms in total. The number of carbonyl (C=O) groups excluding carboxylic acids is 1. The summed E-state index contributed by atoms with van der Waals surface area (Å²) in [7, 11) is 1.39. The lowest BCUT2D eigenvalue weighted by Gasteiger charge is -2.31. The molecule has 0 atom stereocenters. The van der Waals surface area contributed by atoms with Crippen molar-refractivity contribution in [2.45, 2.75) is 0 Å². The first kappa shape index (κ1) is 12.5. The minimum atomic E-state index is -0.326. The number of ether oxygens (including phenoxy) is 2. The number of anilines is 2. The number of rotatable bonds is 2. The van der Waals surface area contributed by atoms with Crippen molar-refractivity contribution >= 4 is 17.3 Å². The summed E-state index contributed by atoms with van der Waals surface area (Å²) in [5.74, 6) is 0.538. The molecular formula is C16H15NO3. The molecule has 102 valence electrons. The second kappa shape index (κ2) is 5.25. The van der Waals surface area contributed by atoms with Crippen LogP contribution in [0.5, 0.6) is 5.75 Å². The van der Waals surface area contributed by atoms with Gasteiger partial charge in [0.1, 0.15) is 12.4 Å². The van der Waals surface area contributed by atoms with Crippen LogP contribution in [0.3, 0.4) is 0 Å². The summed E-state index contributed by atoms with van der Waals surface area (Å²) in [6, 6.07) is 15.3. The molecule has 0 N–H and O–H groups in total. The van der Waals surface area contributed by atoms with Crippen LogP contribution in [0.25, 0.3) is 0 Å². The lowest BCUT2D eigenvalue weighted by atomic mass is 10.1. The van der Waals surface area contributed by atoms with Gasteiger partial charge in [0.25, 0.3) is 0 Å². The van der Waals surface area contributed by atoms with E-state index >= 15 is 0 Å². The molecule has 1 heterocycles. The Hall–Kier alpha value is -2.49. The first-order valence-corrected chi connectivity index (χ1v) is 6.47. The molecule has 2 aromatic carbocycles. The number of para-hydroxylation sites is 2. The first-order chi connectivity index (χ1) is 9.79. The molecule has 4 heteroatoms. The van der Waals surface area contributed by atoms with Crippen molar-refractivity contribution in [3.05, 3.63) is 54.1 Å². The Morgan fingerprint density at radius 2 is 2.05 bits per heavy atom. The number of hydrogen-bond donors (Lipinski definition) is 0. The predicted octanol–water partition coefficient (Wildman–Crippen LogP) is 3.00. The van der Waals surface area contributed by atoms with Crippen LogP contribution in [-0.2, 0) is 4.74 Å². The smallest absolute Gasteiger partial charge is 0.337 e. The van der Waals surface area contributed by atoms with Gasteiger partial charge in [0.2, 0.25) is 0 Å². The predicted molar refractivity (Wildman–Crippen MR) is 76.7 cm³/mol. The topological polar surface area (TPSA) is 38.8 Å². The molecule has 0 bridgehead atoms. The molecule has 1 aliphatic rings. The second-order valence-corrected chi connectivity index (χ2v) is 4.51. The molecule has 0 spiro atoms. The SMILES string of the molecule is COC(=O)c1cccc(N2CCOc3ccccc32)c1. The van der Waals surface area contributed by atoms with Crippen molar-refractivity contribution in [2.75, 3.05) is 25.2 Å². The number of carbonyl (C=O) groups is 1. The minimum absolute atomic E-state index is 0.326. The van der Waals surface area contributed by atoms with E-state index in [4.69, 9.17) is 9.47 Å². The minimum Gasteiger partial charge on any atom is -0.490 e.